The topological polar surface area (TPSA) is 131 Å². The molecule has 2 N–H and O–H groups in total. The number of carbonyl (C=O) groups excluding carboxylic acids is 1. The van der Waals surface area contributed by atoms with Gasteiger partial charge < -0.3 is 14.8 Å². The second-order valence-electron chi connectivity index (χ2n) is 9.05. The van der Waals surface area contributed by atoms with Gasteiger partial charge in [-0.3, -0.25) is 13.8 Å². The maximum absolute atomic E-state index is 13.6. The second-order valence-corrected chi connectivity index (χ2v) is 13.0. The van der Waals surface area contributed by atoms with E-state index in [9.17, 15) is 21.6 Å². The van der Waals surface area contributed by atoms with Gasteiger partial charge in [0, 0.05) is 10.7 Å². The van der Waals surface area contributed by atoms with Gasteiger partial charge in [0.25, 0.3) is 20.0 Å². The van der Waals surface area contributed by atoms with Crippen molar-refractivity contribution in [2.24, 2.45) is 0 Å². The maximum atomic E-state index is 13.6. The van der Waals surface area contributed by atoms with Gasteiger partial charge in [-0.15, -0.1) is 0 Å². The Morgan fingerprint density at radius 1 is 0.833 bits per heavy atom. The predicted molar refractivity (Wildman–Crippen MR) is 163 cm³/mol. The fourth-order valence-electron chi connectivity index (χ4n) is 3.97. The normalized spacial score (nSPS) is 11.4. The van der Waals surface area contributed by atoms with Crippen molar-refractivity contribution in [3.05, 3.63) is 102 Å². The number of carbonyl (C=O) groups is 1. The van der Waals surface area contributed by atoms with Crippen molar-refractivity contribution in [3.63, 3.8) is 0 Å². The number of hydrogen-bond acceptors (Lipinski definition) is 7. The molecule has 4 aromatic rings. The standard InChI is InChI=1S/C29H28ClN3O7S2/c1-20-7-16-28(40-3)27(17-20)32-41(35,36)25-12-8-22(9-13-25)31-29(34)19-33(23-6-4-5-21(30)18-23)42(37,38)26-14-10-24(39-2)11-15-26/h4-18,32H,19H2,1-3H3,(H,31,34). The molecule has 0 heterocycles. The molecule has 42 heavy (non-hydrogen) atoms. The third-order valence-corrected chi connectivity index (χ3v) is 9.48. The number of benzene rings is 4. The first-order valence-corrected chi connectivity index (χ1v) is 15.7. The fraction of sp³-hybridized carbons (Fsp3) is 0.138. The Bertz CT molecular complexity index is 1800. The van der Waals surface area contributed by atoms with E-state index < -0.39 is 32.5 Å². The molecule has 0 atom stereocenters. The lowest BCUT2D eigenvalue weighted by Gasteiger charge is -2.24. The fourth-order valence-corrected chi connectivity index (χ4v) is 6.63. The Labute approximate surface area is 250 Å². The molecule has 220 valence electrons. The van der Waals surface area contributed by atoms with Crippen LogP contribution < -0.4 is 23.8 Å². The van der Waals surface area contributed by atoms with Crippen molar-refractivity contribution in [1.29, 1.82) is 0 Å². The quantitative estimate of drug-likeness (QED) is 0.230. The Balaban J connectivity index is 1.54. The second kappa shape index (κ2) is 12.7. The molecule has 0 saturated carbocycles. The summed E-state index contributed by atoms with van der Waals surface area (Å²) in [5.41, 5.74) is 1.58. The van der Waals surface area contributed by atoms with Crippen LogP contribution in [0.5, 0.6) is 11.5 Å². The molecule has 0 fully saturated rings. The van der Waals surface area contributed by atoms with Crippen molar-refractivity contribution >= 4 is 54.6 Å². The lowest BCUT2D eigenvalue weighted by atomic mass is 10.2. The number of anilines is 3. The van der Waals surface area contributed by atoms with Crippen molar-refractivity contribution in [2.75, 3.05) is 35.1 Å². The molecule has 0 saturated heterocycles. The lowest BCUT2D eigenvalue weighted by molar-refractivity contribution is -0.114. The van der Waals surface area contributed by atoms with Gasteiger partial charge in [0.2, 0.25) is 5.91 Å². The number of methoxy groups -OCH3 is 2. The summed E-state index contributed by atoms with van der Waals surface area (Å²) in [6.07, 6.45) is 0. The summed E-state index contributed by atoms with van der Waals surface area (Å²) < 4.78 is 66.9. The number of rotatable bonds is 11. The highest BCUT2D eigenvalue weighted by Gasteiger charge is 2.28. The minimum Gasteiger partial charge on any atom is -0.497 e. The number of nitrogens with one attached hydrogen (secondary N) is 2. The molecule has 4 aromatic carbocycles. The first-order valence-electron chi connectivity index (χ1n) is 12.4. The van der Waals surface area contributed by atoms with Gasteiger partial charge >= 0.3 is 0 Å². The number of halogens is 1. The summed E-state index contributed by atoms with van der Waals surface area (Å²) >= 11 is 6.12. The molecule has 4 rings (SSSR count). The highest BCUT2D eigenvalue weighted by Crippen LogP contribution is 2.29. The van der Waals surface area contributed by atoms with E-state index in [-0.39, 0.29) is 31.9 Å². The van der Waals surface area contributed by atoms with Gasteiger partial charge in [0.15, 0.2) is 0 Å². The zero-order valence-corrected chi connectivity index (χ0v) is 25.3. The summed E-state index contributed by atoms with van der Waals surface area (Å²) in [6.45, 7) is 1.24. The van der Waals surface area contributed by atoms with Crippen LogP contribution in [0.15, 0.2) is 101 Å². The van der Waals surface area contributed by atoms with Crippen LogP contribution in [0.1, 0.15) is 5.56 Å². The van der Waals surface area contributed by atoms with E-state index in [0.29, 0.717) is 11.5 Å². The Hall–Kier alpha value is -4.26. The minimum absolute atomic E-state index is 0.0494. The van der Waals surface area contributed by atoms with Crippen LogP contribution >= 0.6 is 11.6 Å². The van der Waals surface area contributed by atoms with E-state index in [4.69, 9.17) is 21.1 Å². The molecule has 0 unspecified atom stereocenters. The van der Waals surface area contributed by atoms with E-state index in [1.807, 2.05) is 6.92 Å². The van der Waals surface area contributed by atoms with Crippen molar-refractivity contribution in [1.82, 2.24) is 0 Å². The zero-order valence-electron chi connectivity index (χ0n) is 22.9. The predicted octanol–water partition coefficient (Wildman–Crippen LogP) is 5.30. The monoisotopic (exact) mass is 629 g/mol. The molecule has 10 nitrogen and oxygen atoms in total. The summed E-state index contributed by atoms with van der Waals surface area (Å²) in [5, 5.41) is 2.91. The van der Waals surface area contributed by atoms with Crippen molar-refractivity contribution < 1.29 is 31.1 Å². The number of amides is 1. The van der Waals surface area contributed by atoms with Gasteiger partial charge in [-0.25, -0.2) is 16.8 Å². The number of ether oxygens (including phenoxy) is 2. The maximum Gasteiger partial charge on any atom is 0.264 e. The number of hydrogen-bond donors (Lipinski definition) is 2. The van der Waals surface area contributed by atoms with E-state index in [1.54, 1.807) is 30.3 Å². The van der Waals surface area contributed by atoms with E-state index in [1.165, 1.54) is 74.9 Å². The number of sulfonamides is 2. The Morgan fingerprint density at radius 3 is 2.12 bits per heavy atom. The smallest absolute Gasteiger partial charge is 0.264 e. The average molecular weight is 630 g/mol. The van der Waals surface area contributed by atoms with Gasteiger partial charge in [0.05, 0.1) is 35.4 Å². The third kappa shape index (κ3) is 7.14. The molecule has 0 radical (unpaired) electrons. The molecule has 0 aliphatic carbocycles. The lowest BCUT2D eigenvalue weighted by Crippen LogP contribution is -2.38. The minimum atomic E-state index is -4.19. The molecule has 1 amide bonds. The largest absolute Gasteiger partial charge is 0.497 e. The molecule has 0 spiro atoms. The average Bonchev–Trinajstić information content (AvgIpc) is 2.96. The van der Waals surface area contributed by atoms with Gasteiger partial charge in [-0.1, -0.05) is 23.7 Å². The van der Waals surface area contributed by atoms with Crippen LogP contribution in [0.3, 0.4) is 0 Å². The summed E-state index contributed by atoms with van der Waals surface area (Å²) in [5.74, 6) is 0.173. The summed E-state index contributed by atoms with van der Waals surface area (Å²) in [4.78, 5) is 13.0. The van der Waals surface area contributed by atoms with Crippen molar-refractivity contribution in [3.8, 4) is 11.5 Å². The number of aryl methyl sites for hydroxylation is 1. The Morgan fingerprint density at radius 2 is 1.50 bits per heavy atom. The zero-order chi connectivity index (χ0) is 30.5. The first kappa shape index (κ1) is 30.7. The molecule has 0 aromatic heterocycles. The van der Waals surface area contributed by atoms with Gasteiger partial charge in [-0.2, -0.15) is 0 Å². The van der Waals surface area contributed by atoms with Crippen LogP contribution in [-0.4, -0.2) is 43.5 Å². The SMILES string of the molecule is COc1ccc(S(=O)(=O)N(CC(=O)Nc2ccc(S(=O)(=O)Nc3cc(C)ccc3OC)cc2)c2cccc(Cl)c2)cc1. The van der Waals surface area contributed by atoms with Crippen LogP contribution in [0, 0.1) is 6.92 Å². The number of nitrogens with zero attached hydrogens (tertiary/aromatic N) is 1. The van der Waals surface area contributed by atoms with E-state index in [0.717, 1.165) is 9.87 Å². The summed E-state index contributed by atoms with van der Waals surface area (Å²) in [7, 11) is -5.26. The van der Waals surface area contributed by atoms with E-state index in [2.05, 4.69) is 10.0 Å². The van der Waals surface area contributed by atoms with Crippen LogP contribution in [-0.2, 0) is 24.8 Å². The highest BCUT2D eigenvalue weighted by atomic mass is 35.5. The molecular formula is C29H28ClN3O7S2. The third-order valence-electron chi connectivity index (χ3n) is 6.08. The van der Waals surface area contributed by atoms with Crippen LogP contribution in [0.25, 0.3) is 0 Å². The molecular weight excluding hydrogens is 602 g/mol. The van der Waals surface area contributed by atoms with E-state index >= 15 is 0 Å². The molecule has 13 heteroatoms. The molecule has 0 aliphatic heterocycles. The van der Waals surface area contributed by atoms with Gasteiger partial charge in [0.1, 0.15) is 18.0 Å². The molecule has 0 aliphatic rings. The van der Waals surface area contributed by atoms with Gasteiger partial charge in [-0.05, 0) is 91.3 Å². The summed E-state index contributed by atoms with van der Waals surface area (Å²) in [6, 6.07) is 22.4. The van der Waals surface area contributed by atoms with Crippen LogP contribution in [0.2, 0.25) is 5.02 Å². The molecule has 0 bridgehead atoms. The van der Waals surface area contributed by atoms with Crippen LogP contribution in [0.4, 0.5) is 17.1 Å². The first-order chi connectivity index (χ1) is 19.9. The highest BCUT2D eigenvalue weighted by molar-refractivity contribution is 7.93. The van der Waals surface area contributed by atoms with Crippen molar-refractivity contribution in [2.45, 2.75) is 16.7 Å². The Kier molecular flexibility index (Phi) is 9.30.